The van der Waals surface area contributed by atoms with E-state index in [1.54, 1.807) is 19.5 Å². The highest BCUT2D eigenvalue weighted by molar-refractivity contribution is 9.10. The average Bonchev–Trinajstić information content (AvgIpc) is 3.02. The predicted octanol–water partition coefficient (Wildman–Crippen LogP) is 5.51. The second-order valence-corrected chi connectivity index (χ2v) is 8.20. The lowest BCUT2D eigenvalue weighted by Gasteiger charge is -2.18. The van der Waals surface area contributed by atoms with E-state index in [4.69, 9.17) is 14.8 Å². The molecule has 0 fully saturated rings. The van der Waals surface area contributed by atoms with Gasteiger partial charge in [0.2, 0.25) is 0 Å². The molecule has 0 saturated carbocycles. The summed E-state index contributed by atoms with van der Waals surface area (Å²) in [7, 11) is 1.70. The number of hydrogen-bond acceptors (Lipinski definition) is 4. The highest BCUT2D eigenvalue weighted by Gasteiger charge is 2.24. The maximum absolute atomic E-state index is 5.72. The number of hydrogen-bond donors (Lipinski definition) is 0. The number of rotatable bonds is 5. The van der Waals surface area contributed by atoms with Crippen LogP contribution in [0.2, 0.25) is 0 Å². The third kappa shape index (κ3) is 3.89. The van der Waals surface area contributed by atoms with Crippen molar-refractivity contribution >= 4 is 31.9 Å². The van der Waals surface area contributed by atoms with Gasteiger partial charge in [-0.15, -0.1) is 5.10 Å². The molecule has 2 aromatic heterocycles. The topological polar surface area (TPSA) is 52.8 Å². The van der Waals surface area contributed by atoms with E-state index in [9.17, 15) is 0 Å². The zero-order valence-electron chi connectivity index (χ0n) is 15.1. The van der Waals surface area contributed by atoms with Gasteiger partial charge in [0.25, 0.3) is 0 Å². The number of methoxy groups -OCH3 is 1. The lowest BCUT2D eigenvalue weighted by molar-refractivity contribution is 0.0558. The van der Waals surface area contributed by atoms with E-state index in [0.29, 0.717) is 5.82 Å². The van der Waals surface area contributed by atoms with E-state index in [1.165, 1.54) is 5.56 Å². The first kappa shape index (κ1) is 19.2. The Morgan fingerprint density at radius 2 is 1.88 bits per heavy atom. The van der Waals surface area contributed by atoms with E-state index < -0.39 is 0 Å². The van der Waals surface area contributed by atoms with Gasteiger partial charge < -0.3 is 4.74 Å². The molecule has 3 aromatic rings. The van der Waals surface area contributed by atoms with Crippen molar-refractivity contribution < 1.29 is 4.74 Å². The van der Waals surface area contributed by atoms with Gasteiger partial charge in [-0.25, -0.2) is 9.67 Å². The van der Waals surface area contributed by atoms with Crippen molar-refractivity contribution in [2.75, 3.05) is 7.11 Å². The van der Waals surface area contributed by atoms with Gasteiger partial charge in [0, 0.05) is 27.8 Å². The van der Waals surface area contributed by atoms with Crippen LogP contribution in [0.25, 0.3) is 17.1 Å². The third-order valence-corrected chi connectivity index (χ3v) is 5.40. The second-order valence-electron chi connectivity index (χ2n) is 6.43. The van der Waals surface area contributed by atoms with Gasteiger partial charge in [0.05, 0.1) is 11.9 Å². The van der Waals surface area contributed by atoms with Crippen LogP contribution in [0.1, 0.15) is 31.3 Å². The van der Waals surface area contributed by atoms with Crippen LogP contribution in [0.15, 0.2) is 45.6 Å². The number of aryl methyl sites for hydroxylation is 1. The molecule has 0 radical (unpaired) electrons. The lowest BCUT2D eigenvalue weighted by atomic mass is 10.1. The van der Waals surface area contributed by atoms with Crippen molar-refractivity contribution in [3.05, 3.63) is 57.0 Å². The molecule has 1 aromatic carbocycles. The smallest absolute Gasteiger partial charge is 0.181 e. The number of halogens is 2. The first-order valence-corrected chi connectivity index (χ1v) is 9.86. The lowest BCUT2D eigenvalue weighted by Crippen LogP contribution is -2.15. The molecule has 1 unspecified atom stereocenters. The van der Waals surface area contributed by atoms with Crippen LogP contribution in [0.4, 0.5) is 0 Å². The van der Waals surface area contributed by atoms with Crippen molar-refractivity contribution in [1.29, 1.82) is 0 Å². The van der Waals surface area contributed by atoms with Crippen molar-refractivity contribution in [2.45, 2.75) is 26.9 Å². The van der Waals surface area contributed by atoms with E-state index in [2.05, 4.69) is 63.7 Å². The molecule has 7 heteroatoms. The van der Waals surface area contributed by atoms with E-state index >= 15 is 0 Å². The average molecular weight is 480 g/mol. The van der Waals surface area contributed by atoms with Crippen molar-refractivity contribution in [1.82, 2.24) is 19.7 Å². The Balaban J connectivity index is 2.18. The Bertz CT molecular complexity index is 924. The maximum atomic E-state index is 5.72. The van der Waals surface area contributed by atoms with Crippen LogP contribution < -0.4 is 0 Å². The quantitative estimate of drug-likeness (QED) is 0.484. The molecule has 0 saturated heterocycles. The molecule has 0 spiro atoms. The SMILES string of the molecule is COC(c1nc(-c2ccc(C)c(Br)c2)nn1-c1cncc(Br)c1)C(C)C. The van der Waals surface area contributed by atoms with E-state index in [1.807, 2.05) is 22.9 Å². The molecular weight excluding hydrogens is 460 g/mol. The zero-order chi connectivity index (χ0) is 18.8. The molecule has 0 bridgehead atoms. The molecule has 1 atom stereocenters. The van der Waals surface area contributed by atoms with Gasteiger partial charge in [-0.2, -0.15) is 0 Å². The molecule has 26 heavy (non-hydrogen) atoms. The summed E-state index contributed by atoms with van der Waals surface area (Å²) >= 11 is 7.06. The Morgan fingerprint density at radius 1 is 1.12 bits per heavy atom. The van der Waals surface area contributed by atoms with Crippen molar-refractivity contribution in [3.63, 3.8) is 0 Å². The Hall–Kier alpha value is -1.57. The molecule has 2 heterocycles. The minimum Gasteiger partial charge on any atom is -0.373 e. The number of nitrogens with zero attached hydrogens (tertiary/aromatic N) is 4. The number of ether oxygens (including phenoxy) is 1. The normalized spacial score (nSPS) is 12.6. The predicted molar refractivity (Wildman–Crippen MR) is 109 cm³/mol. The number of benzene rings is 1. The number of aromatic nitrogens is 4. The fourth-order valence-electron chi connectivity index (χ4n) is 2.74. The summed E-state index contributed by atoms with van der Waals surface area (Å²) in [6.45, 7) is 6.27. The Labute approximate surface area is 170 Å². The van der Waals surface area contributed by atoms with Crippen molar-refractivity contribution in [3.8, 4) is 17.1 Å². The standard InChI is InChI=1S/C19H20Br2N4O/c1-11(2)17(26-4)19-23-18(13-6-5-12(3)16(21)7-13)24-25(19)15-8-14(20)9-22-10-15/h5-11,17H,1-4H3. The first-order chi connectivity index (χ1) is 12.4. The van der Waals surface area contributed by atoms with Crippen LogP contribution >= 0.6 is 31.9 Å². The molecule has 3 rings (SSSR count). The van der Waals surface area contributed by atoms with Crippen LogP contribution in [-0.4, -0.2) is 26.9 Å². The Kier molecular flexibility index (Phi) is 5.89. The molecule has 0 aliphatic heterocycles. The second kappa shape index (κ2) is 7.98. The van der Waals surface area contributed by atoms with Crippen LogP contribution in [-0.2, 0) is 4.74 Å². The van der Waals surface area contributed by atoms with Gasteiger partial charge in [0.15, 0.2) is 11.6 Å². The van der Waals surface area contributed by atoms with Crippen molar-refractivity contribution in [2.24, 2.45) is 5.92 Å². The molecule has 136 valence electrons. The van der Waals surface area contributed by atoms with Crippen LogP contribution in [0.3, 0.4) is 0 Å². The zero-order valence-corrected chi connectivity index (χ0v) is 18.2. The Morgan fingerprint density at radius 3 is 2.50 bits per heavy atom. The summed E-state index contributed by atoms with van der Waals surface area (Å²) in [5.41, 5.74) is 2.95. The maximum Gasteiger partial charge on any atom is 0.181 e. The first-order valence-electron chi connectivity index (χ1n) is 8.28. The van der Waals surface area contributed by atoms with E-state index in [-0.39, 0.29) is 12.0 Å². The van der Waals surface area contributed by atoms with Crippen LogP contribution in [0.5, 0.6) is 0 Å². The van der Waals surface area contributed by atoms with Gasteiger partial charge in [0.1, 0.15) is 6.10 Å². The summed E-state index contributed by atoms with van der Waals surface area (Å²) in [4.78, 5) is 9.07. The molecule has 0 amide bonds. The summed E-state index contributed by atoms with van der Waals surface area (Å²) in [5, 5.41) is 4.76. The minimum atomic E-state index is -0.177. The molecule has 5 nitrogen and oxygen atoms in total. The molecular formula is C19H20Br2N4O. The summed E-state index contributed by atoms with van der Waals surface area (Å²) in [5.74, 6) is 1.66. The van der Waals surface area contributed by atoms with Gasteiger partial charge in [-0.1, -0.05) is 41.9 Å². The monoisotopic (exact) mass is 478 g/mol. The highest BCUT2D eigenvalue weighted by atomic mass is 79.9. The van der Waals surface area contributed by atoms with E-state index in [0.717, 1.165) is 26.0 Å². The molecule has 0 N–H and O–H groups in total. The largest absolute Gasteiger partial charge is 0.373 e. The fourth-order valence-corrected chi connectivity index (χ4v) is 3.48. The van der Waals surface area contributed by atoms with Gasteiger partial charge in [-0.3, -0.25) is 4.98 Å². The van der Waals surface area contributed by atoms with Crippen LogP contribution in [0, 0.1) is 12.8 Å². The number of pyridine rings is 1. The molecule has 0 aliphatic rings. The third-order valence-electron chi connectivity index (χ3n) is 4.11. The van der Waals surface area contributed by atoms with Gasteiger partial charge in [-0.05, 0) is 46.5 Å². The summed E-state index contributed by atoms with van der Waals surface area (Å²) < 4.78 is 9.45. The minimum absolute atomic E-state index is 0.177. The molecule has 0 aliphatic carbocycles. The highest BCUT2D eigenvalue weighted by Crippen LogP contribution is 2.30. The summed E-state index contributed by atoms with van der Waals surface area (Å²) in [6, 6.07) is 8.08. The summed E-state index contributed by atoms with van der Waals surface area (Å²) in [6.07, 6.45) is 3.34. The van der Waals surface area contributed by atoms with Gasteiger partial charge >= 0.3 is 0 Å². The fraction of sp³-hybridized carbons (Fsp3) is 0.316.